The SMILES string of the molecule is COc1ccc(C(=O)N2CCN(c3ccc(Nc4ccc(C)cc4)nn3)CC2)cc1OC. The summed E-state index contributed by atoms with van der Waals surface area (Å²) in [7, 11) is 3.14. The molecule has 0 spiro atoms. The van der Waals surface area contributed by atoms with Crippen LogP contribution < -0.4 is 19.7 Å². The number of rotatable bonds is 6. The number of aryl methyl sites for hydroxylation is 1. The van der Waals surface area contributed by atoms with Crippen molar-refractivity contribution in [3.8, 4) is 11.5 Å². The molecule has 0 aliphatic carbocycles. The van der Waals surface area contributed by atoms with E-state index in [-0.39, 0.29) is 5.91 Å². The van der Waals surface area contributed by atoms with Crippen molar-refractivity contribution in [2.24, 2.45) is 0 Å². The Hall–Kier alpha value is -3.81. The number of amides is 1. The van der Waals surface area contributed by atoms with Crippen molar-refractivity contribution in [2.75, 3.05) is 50.6 Å². The van der Waals surface area contributed by atoms with E-state index < -0.39 is 0 Å². The number of piperazine rings is 1. The van der Waals surface area contributed by atoms with Crippen molar-refractivity contribution >= 4 is 23.2 Å². The zero-order chi connectivity index (χ0) is 22.5. The molecule has 0 bridgehead atoms. The smallest absolute Gasteiger partial charge is 0.254 e. The zero-order valence-corrected chi connectivity index (χ0v) is 18.5. The molecular weight excluding hydrogens is 406 g/mol. The van der Waals surface area contributed by atoms with Gasteiger partial charge in [-0.2, -0.15) is 0 Å². The Morgan fingerprint density at radius 2 is 1.59 bits per heavy atom. The maximum absolute atomic E-state index is 12.9. The molecule has 2 aromatic carbocycles. The van der Waals surface area contributed by atoms with Crippen LogP contribution >= 0.6 is 0 Å². The van der Waals surface area contributed by atoms with Crippen LogP contribution in [0.4, 0.5) is 17.3 Å². The summed E-state index contributed by atoms with van der Waals surface area (Å²) in [4.78, 5) is 16.9. The number of aromatic nitrogens is 2. The number of nitrogens with one attached hydrogen (secondary N) is 1. The molecular formula is C24H27N5O3. The molecule has 2 heterocycles. The number of hydrogen-bond donors (Lipinski definition) is 1. The first-order chi connectivity index (χ1) is 15.6. The fourth-order valence-corrected chi connectivity index (χ4v) is 3.64. The third-order valence-corrected chi connectivity index (χ3v) is 5.50. The van der Waals surface area contributed by atoms with Gasteiger partial charge in [0.1, 0.15) is 0 Å². The summed E-state index contributed by atoms with van der Waals surface area (Å²) in [6, 6.07) is 17.2. The number of anilines is 3. The molecule has 1 amide bonds. The Morgan fingerprint density at radius 3 is 2.22 bits per heavy atom. The van der Waals surface area contributed by atoms with Crippen LogP contribution in [0.25, 0.3) is 0 Å². The van der Waals surface area contributed by atoms with Crippen LogP contribution in [0.1, 0.15) is 15.9 Å². The highest BCUT2D eigenvalue weighted by Gasteiger charge is 2.24. The van der Waals surface area contributed by atoms with Crippen LogP contribution in [-0.2, 0) is 0 Å². The summed E-state index contributed by atoms with van der Waals surface area (Å²) in [5.41, 5.74) is 2.77. The molecule has 0 atom stereocenters. The number of ether oxygens (including phenoxy) is 2. The monoisotopic (exact) mass is 433 g/mol. The maximum atomic E-state index is 12.9. The number of carbonyl (C=O) groups is 1. The van der Waals surface area contributed by atoms with Gasteiger partial charge in [0.15, 0.2) is 23.1 Å². The second-order valence-corrected chi connectivity index (χ2v) is 7.62. The summed E-state index contributed by atoms with van der Waals surface area (Å²) in [6.45, 7) is 4.66. The van der Waals surface area contributed by atoms with Gasteiger partial charge >= 0.3 is 0 Å². The van der Waals surface area contributed by atoms with E-state index >= 15 is 0 Å². The number of nitrogens with zero attached hydrogens (tertiary/aromatic N) is 4. The molecule has 32 heavy (non-hydrogen) atoms. The van der Waals surface area contributed by atoms with Gasteiger partial charge in [0.05, 0.1) is 14.2 Å². The van der Waals surface area contributed by atoms with Crippen LogP contribution in [0.2, 0.25) is 0 Å². The lowest BCUT2D eigenvalue weighted by Crippen LogP contribution is -2.49. The van der Waals surface area contributed by atoms with Crippen molar-refractivity contribution < 1.29 is 14.3 Å². The van der Waals surface area contributed by atoms with Gasteiger partial charge in [0, 0.05) is 37.4 Å². The van der Waals surface area contributed by atoms with Crippen molar-refractivity contribution in [1.29, 1.82) is 0 Å². The van der Waals surface area contributed by atoms with Gasteiger partial charge in [-0.3, -0.25) is 4.79 Å². The van der Waals surface area contributed by atoms with Crippen molar-refractivity contribution in [3.63, 3.8) is 0 Å². The molecule has 3 aromatic rings. The molecule has 1 saturated heterocycles. The Morgan fingerprint density at radius 1 is 0.875 bits per heavy atom. The maximum Gasteiger partial charge on any atom is 0.254 e. The average Bonchev–Trinajstić information content (AvgIpc) is 2.85. The highest BCUT2D eigenvalue weighted by atomic mass is 16.5. The molecule has 0 radical (unpaired) electrons. The largest absolute Gasteiger partial charge is 0.493 e. The van der Waals surface area contributed by atoms with Crippen LogP contribution in [0.5, 0.6) is 11.5 Å². The minimum absolute atomic E-state index is 0.0191. The molecule has 1 fully saturated rings. The fourth-order valence-electron chi connectivity index (χ4n) is 3.64. The number of carbonyl (C=O) groups excluding carboxylic acids is 1. The Balaban J connectivity index is 1.35. The van der Waals surface area contributed by atoms with Gasteiger partial charge in [0.2, 0.25) is 0 Å². The molecule has 8 heteroatoms. The lowest BCUT2D eigenvalue weighted by Gasteiger charge is -2.35. The zero-order valence-electron chi connectivity index (χ0n) is 18.5. The summed E-state index contributed by atoms with van der Waals surface area (Å²) in [5, 5.41) is 11.9. The van der Waals surface area contributed by atoms with E-state index in [9.17, 15) is 4.79 Å². The molecule has 1 aliphatic rings. The first-order valence-corrected chi connectivity index (χ1v) is 10.5. The first kappa shape index (κ1) is 21.4. The summed E-state index contributed by atoms with van der Waals surface area (Å²) >= 11 is 0. The molecule has 0 saturated carbocycles. The van der Waals surface area contributed by atoms with Gasteiger partial charge in [-0.1, -0.05) is 17.7 Å². The quantitative estimate of drug-likeness (QED) is 0.637. The van der Waals surface area contributed by atoms with Crippen LogP contribution in [0.15, 0.2) is 54.6 Å². The molecule has 0 unspecified atom stereocenters. The molecule has 8 nitrogen and oxygen atoms in total. The van der Waals surface area contributed by atoms with E-state index in [1.165, 1.54) is 5.56 Å². The molecule has 4 rings (SSSR count). The molecule has 1 N–H and O–H groups in total. The molecule has 166 valence electrons. The van der Waals surface area contributed by atoms with E-state index in [0.29, 0.717) is 49.1 Å². The van der Waals surface area contributed by atoms with Crippen molar-refractivity contribution in [3.05, 3.63) is 65.7 Å². The fraction of sp³-hybridized carbons (Fsp3) is 0.292. The van der Waals surface area contributed by atoms with Crippen molar-refractivity contribution in [2.45, 2.75) is 6.92 Å². The number of hydrogen-bond acceptors (Lipinski definition) is 7. The van der Waals surface area contributed by atoms with Gasteiger partial charge in [-0.15, -0.1) is 10.2 Å². The lowest BCUT2D eigenvalue weighted by molar-refractivity contribution is 0.0746. The number of methoxy groups -OCH3 is 2. The molecule has 1 aromatic heterocycles. The Bertz CT molecular complexity index is 1060. The predicted octanol–water partition coefficient (Wildman–Crippen LogP) is 3.51. The predicted molar refractivity (Wildman–Crippen MR) is 124 cm³/mol. The van der Waals surface area contributed by atoms with Crippen LogP contribution in [0.3, 0.4) is 0 Å². The van der Waals surface area contributed by atoms with Gasteiger partial charge < -0.3 is 24.6 Å². The summed E-state index contributed by atoms with van der Waals surface area (Å²) in [6.07, 6.45) is 0. The summed E-state index contributed by atoms with van der Waals surface area (Å²) < 4.78 is 10.6. The second-order valence-electron chi connectivity index (χ2n) is 7.62. The van der Waals surface area contributed by atoms with Crippen LogP contribution in [-0.4, -0.2) is 61.4 Å². The van der Waals surface area contributed by atoms with Gasteiger partial charge in [-0.05, 0) is 49.4 Å². The van der Waals surface area contributed by atoms with E-state index in [1.54, 1.807) is 32.4 Å². The molecule has 1 aliphatic heterocycles. The topological polar surface area (TPSA) is 79.8 Å². The average molecular weight is 434 g/mol. The van der Waals surface area contributed by atoms with E-state index in [4.69, 9.17) is 9.47 Å². The van der Waals surface area contributed by atoms with E-state index in [2.05, 4.69) is 27.3 Å². The minimum atomic E-state index is -0.0191. The van der Waals surface area contributed by atoms with Crippen LogP contribution in [0, 0.1) is 6.92 Å². The normalized spacial score (nSPS) is 13.6. The third kappa shape index (κ3) is 4.74. The minimum Gasteiger partial charge on any atom is -0.493 e. The van der Waals surface area contributed by atoms with Gasteiger partial charge in [0.25, 0.3) is 5.91 Å². The highest BCUT2D eigenvalue weighted by Crippen LogP contribution is 2.28. The Labute approximate surface area is 187 Å². The summed E-state index contributed by atoms with van der Waals surface area (Å²) in [5.74, 6) is 2.63. The second kappa shape index (κ2) is 9.55. The van der Waals surface area contributed by atoms with E-state index in [1.807, 2.05) is 41.3 Å². The standard InChI is InChI=1S/C24H27N5O3/c1-17-4-7-19(8-5-17)25-22-10-11-23(27-26-22)28-12-14-29(15-13-28)24(30)18-6-9-20(31-2)21(16-18)32-3/h4-11,16H,12-15H2,1-3H3,(H,25,26). The van der Waals surface area contributed by atoms with Crippen molar-refractivity contribution in [1.82, 2.24) is 15.1 Å². The number of benzene rings is 2. The first-order valence-electron chi connectivity index (χ1n) is 10.5. The Kier molecular flexibility index (Phi) is 6.39. The third-order valence-electron chi connectivity index (χ3n) is 5.50. The highest BCUT2D eigenvalue weighted by molar-refractivity contribution is 5.95. The van der Waals surface area contributed by atoms with Gasteiger partial charge in [-0.25, -0.2) is 0 Å². The lowest BCUT2D eigenvalue weighted by atomic mass is 10.1. The van der Waals surface area contributed by atoms with E-state index in [0.717, 1.165) is 11.5 Å².